The number of carbonyl (C=O) groups is 1. The maximum atomic E-state index is 12.8. The number of aromatic nitrogens is 2. The van der Waals surface area contributed by atoms with Gasteiger partial charge in [-0.15, -0.1) is 0 Å². The van der Waals surface area contributed by atoms with Crippen molar-refractivity contribution >= 4 is 34.7 Å². The van der Waals surface area contributed by atoms with Crippen molar-refractivity contribution in [2.45, 2.75) is 33.2 Å². The Labute approximate surface area is 184 Å². The minimum atomic E-state index is -0.643. The van der Waals surface area contributed by atoms with E-state index in [1.165, 1.54) is 29.8 Å². The molecule has 0 bridgehead atoms. The molecular weight excluding hydrogens is 426 g/mol. The fraction of sp³-hybridized carbons (Fsp3) is 0.450. The van der Waals surface area contributed by atoms with Crippen molar-refractivity contribution in [1.82, 2.24) is 9.55 Å². The molecular formula is C20H28ClN5O5. The lowest BCUT2D eigenvalue weighted by Gasteiger charge is -2.24. The van der Waals surface area contributed by atoms with E-state index in [-0.39, 0.29) is 18.1 Å². The highest BCUT2D eigenvalue weighted by Gasteiger charge is 2.21. The second-order valence-electron chi connectivity index (χ2n) is 6.75. The predicted octanol–water partition coefficient (Wildman–Crippen LogP) is 2.05. The van der Waals surface area contributed by atoms with Crippen LogP contribution in [-0.4, -0.2) is 42.8 Å². The fourth-order valence-corrected chi connectivity index (χ4v) is 3.32. The van der Waals surface area contributed by atoms with Gasteiger partial charge in [0.25, 0.3) is 5.56 Å². The van der Waals surface area contributed by atoms with E-state index >= 15 is 0 Å². The maximum Gasteiger partial charge on any atom is 0.330 e. The van der Waals surface area contributed by atoms with E-state index in [1.807, 2.05) is 6.92 Å². The van der Waals surface area contributed by atoms with Crippen LogP contribution < -0.4 is 36.7 Å². The van der Waals surface area contributed by atoms with Crippen LogP contribution in [0.1, 0.15) is 26.7 Å². The third kappa shape index (κ3) is 5.52. The summed E-state index contributed by atoms with van der Waals surface area (Å²) in [6.45, 7) is 4.27. The summed E-state index contributed by atoms with van der Waals surface area (Å²) < 4.78 is 11.8. The molecule has 0 spiro atoms. The molecule has 0 saturated carbocycles. The molecule has 1 heterocycles. The molecule has 1 aromatic carbocycles. The number of nitrogen functional groups attached to an aromatic ring is 1. The van der Waals surface area contributed by atoms with Crippen LogP contribution in [0.5, 0.6) is 11.5 Å². The molecule has 10 nitrogen and oxygen atoms in total. The molecule has 1 aromatic heterocycles. The first kappa shape index (κ1) is 24.1. The van der Waals surface area contributed by atoms with Gasteiger partial charge in [0.2, 0.25) is 5.91 Å². The summed E-state index contributed by atoms with van der Waals surface area (Å²) in [7, 11) is 2.91. The van der Waals surface area contributed by atoms with Crippen LogP contribution in [0.4, 0.5) is 17.2 Å². The van der Waals surface area contributed by atoms with Crippen LogP contribution in [-0.2, 0) is 11.3 Å². The summed E-state index contributed by atoms with van der Waals surface area (Å²) in [4.78, 5) is 41.2. The standard InChI is InChI=1S/C20H28ClN5O5/c1-5-7-8-26-18(22)17(19(28)24-20(26)29)25(6-2)11-16(27)23-13-10-14(30-3)12(21)9-15(13)31-4/h9-10H,5-8,11,22H2,1-4H3,(H,23,27)(H,24,28,29). The smallest absolute Gasteiger partial charge is 0.330 e. The van der Waals surface area contributed by atoms with Gasteiger partial charge in [-0.1, -0.05) is 24.9 Å². The van der Waals surface area contributed by atoms with E-state index in [0.717, 1.165) is 12.8 Å². The highest BCUT2D eigenvalue weighted by molar-refractivity contribution is 6.32. The first-order chi connectivity index (χ1) is 14.8. The Hall–Kier alpha value is -3.14. The van der Waals surface area contributed by atoms with Crippen molar-refractivity contribution in [1.29, 1.82) is 0 Å². The molecule has 0 aliphatic heterocycles. The number of rotatable bonds is 10. The number of benzene rings is 1. The van der Waals surface area contributed by atoms with Gasteiger partial charge in [0.15, 0.2) is 0 Å². The van der Waals surface area contributed by atoms with E-state index < -0.39 is 17.2 Å². The second kappa shape index (κ2) is 10.8. The molecule has 2 aromatic rings. The number of unbranched alkanes of at least 4 members (excludes halogenated alkanes) is 1. The first-order valence-corrected chi connectivity index (χ1v) is 10.2. The van der Waals surface area contributed by atoms with Crippen molar-refractivity contribution < 1.29 is 14.3 Å². The van der Waals surface area contributed by atoms with Crippen molar-refractivity contribution in [2.75, 3.05) is 43.3 Å². The third-order valence-electron chi connectivity index (χ3n) is 4.73. The van der Waals surface area contributed by atoms with Crippen molar-refractivity contribution in [3.63, 3.8) is 0 Å². The summed E-state index contributed by atoms with van der Waals surface area (Å²) in [6.07, 6.45) is 1.58. The zero-order valence-corrected chi connectivity index (χ0v) is 18.8. The first-order valence-electron chi connectivity index (χ1n) is 9.86. The van der Waals surface area contributed by atoms with Crippen molar-refractivity contribution in [2.24, 2.45) is 0 Å². The van der Waals surface area contributed by atoms with Crippen LogP contribution in [0, 0.1) is 0 Å². The predicted molar refractivity (Wildman–Crippen MR) is 122 cm³/mol. The molecule has 0 radical (unpaired) electrons. The van der Waals surface area contributed by atoms with Crippen LogP contribution in [0.15, 0.2) is 21.7 Å². The highest BCUT2D eigenvalue weighted by atomic mass is 35.5. The highest BCUT2D eigenvalue weighted by Crippen LogP contribution is 2.35. The number of carbonyl (C=O) groups excluding carboxylic acids is 1. The van der Waals surface area contributed by atoms with E-state index in [4.69, 9.17) is 26.8 Å². The molecule has 31 heavy (non-hydrogen) atoms. The molecule has 2 rings (SSSR count). The molecule has 0 aliphatic carbocycles. The van der Waals surface area contributed by atoms with Crippen LogP contribution in [0.25, 0.3) is 0 Å². The molecule has 0 atom stereocenters. The lowest BCUT2D eigenvalue weighted by Crippen LogP contribution is -2.41. The molecule has 4 N–H and O–H groups in total. The maximum absolute atomic E-state index is 12.8. The average Bonchev–Trinajstić information content (AvgIpc) is 2.73. The number of amides is 1. The SMILES string of the molecule is CCCCn1c(N)c(N(CC)CC(=O)Nc2cc(OC)c(Cl)cc2OC)c(=O)[nH]c1=O. The number of aromatic amines is 1. The van der Waals surface area contributed by atoms with Crippen LogP contribution in [0.3, 0.4) is 0 Å². The number of anilines is 3. The summed E-state index contributed by atoms with van der Waals surface area (Å²) in [5.41, 5.74) is 5.37. The number of methoxy groups -OCH3 is 2. The molecule has 0 saturated heterocycles. The summed E-state index contributed by atoms with van der Waals surface area (Å²) in [5, 5.41) is 3.07. The summed E-state index contributed by atoms with van der Waals surface area (Å²) in [5.74, 6) is 0.332. The average molecular weight is 454 g/mol. The summed E-state index contributed by atoms with van der Waals surface area (Å²) >= 11 is 6.10. The molecule has 0 fully saturated rings. The molecule has 0 unspecified atom stereocenters. The van der Waals surface area contributed by atoms with Gasteiger partial charge in [-0.25, -0.2) is 4.79 Å². The number of likely N-dealkylation sites (N-methyl/N-ethyl adjacent to an activating group) is 1. The van der Waals surface area contributed by atoms with Gasteiger partial charge in [0.05, 0.1) is 31.5 Å². The van der Waals surface area contributed by atoms with E-state index in [9.17, 15) is 14.4 Å². The topological polar surface area (TPSA) is 132 Å². The minimum Gasteiger partial charge on any atom is -0.495 e. The lowest BCUT2D eigenvalue weighted by atomic mass is 10.2. The lowest BCUT2D eigenvalue weighted by molar-refractivity contribution is -0.115. The number of hydrogen-bond donors (Lipinski definition) is 3. The molecule has 11 heteroatoms. The zero-order valence-electron chi connectivity index (χ0n) is 18.1. The van der Waals surface area contributed by atoms with Crippen LogP contribution >= 0.6 is 11.6 Å². The second-order valence-corrected chi connectivity index (χ2v) is 7.15. The van der Waals surface area contributed by atoms with Gasteiger partial charge in [0.1, 0.15) is 23.0 Å². The Kier molecular flexibility index (Phi) is 8.38. The van der Waals surface area contributed by atoms with Crippen molar-refractivity contribution in [3.05, 3.63) is 38.0 Å². The molecule has 1 amide bonds. The fourth-order valence-electron chi connectivity index (χ4n) is 3.09. The van der Waals surface area contributed by atoms with E-state index in [0.29, 0.717) is 35.3 Å². The molecule has 170 valence electrons. The number of hydrogen-bond acceptors (Lipinski definition) is 7. The number of nitrogens with zero attached hydrogens (tertiary/aromatic N) is 2. The van der Waals surface area contributed by atoms with Crippen LogP contribution in [0.2, 0.25) is 5.02 Å². The number of nitrogens with one attached hydrogen (secondary N) is 2. The Morgan fingerprint density at radius 3 is 2.48 bits per heavy atom. The van der Waals surface area contributed by atoms with Crippen molar-refractivity contribution in [3.8, 4) is 11.5 Å². The Balaban J connectivity index is 2.33. The van der Waals surface area contributed by atoms with Gasteiger partial charge >= 0.3 is 5.69 Å². The number of halogens is 1. The summed E-state index contributed by atoms with van der Waals surface area (Å²) in [6, 6.07) is 3.07. The zero-order chi connectivity index (χ0) is 23.1. The molecule has 0 aliphatic rings. The number of H-pyrrole nitrogens is 1. The minimum absolute atomic E-state index is 0.0302. The normalized spacial score (nSPS) is 10.6. The van der Waals surface area contributed by atoms with E-state index in [2.05, 4.69) is 10.3 Å². The Bertz CT molecular complexity index is 1050. The van der Waals surface area contributed by atoms with Gasteiger partial charge in [-0.05, 0) is 13.3 Å². The number of nitrogens with two attached hydrogens (primary N) is 1. The van der Waals surface area contributed by atoms with Gasteiger partial charge < -0.3 is 25.4 Å². The van der Waals surface area contributed by atoms with E-state index in [1.54, 1.807) is 13.0 Å². The monoisotopic (exact) mass is 453 g/mol. The Morgan fingerprint density at radius 1 is 1.23 bits per heavy atom. The van der Waals surface area contributed by atoms with Gasteiger partial charge in [-0.2, -0.15) is 0 Å². The van der Waals surface area contributed by atoms with Gasteiger partial charge in [-0.3, -0.25) is 19.1 Å². The largest absolute Gasteiger partial charge is 0.495 e. The number of ether oxygens (including phenoxy) is 2. The Morgan fingerprint density at radius 2 is 1.90 bits per heavy atom. The third-order valence-corrected chi connectivity index (χ3v) is 5.03. The quantitative estimate of drug-likeness (QED) is 0.501. The van der Waals surface area contributed by atoms with Gasteiger partial charge in [0, 0.05) is 25.2 Å².